The van der Waals surface area contributed by atoms with Crippen LogP contribution in [0.2, 0.25) is 0 Å². The molecule has 0 fully saturated rings. The molecule has 0 aliphatic carbocycles. The molecule has 0 bridgehead atoms. The number of anilines is 1. The van der Waals surface area contributed by atoms with Crippen LogP contribution in [0, 0.1) is 0 Å². The fourth-order valence-corrected chi connectivity index (χ4v) is 3.32. The maximum absolute atomic E-state index is 12.4. The molecular formula is C19H20N2O3. The van der Waals surface area contributed by atoms with E-state index in [0.717, 1.165) is 34.7 Å². The normalized spacial score (nSPS) is 21.2. The van der Waals surface area contributed by atoms with Gasteiger partial charge in [0.05, 0.1) is 12.2 Å². The molecule has 2 unspecified atom stereocenters. The quantitative estimate of drug-likeness (QED) is 0.910. The predicted molar refractivity (Wildman–Crippen MR) is 91.7 cm³/mol. The summed E-state index contributed by atoms with van der Waals surface area (Å²) in [6.45, 7) is 4.58. The van der Waals surface area contributed by atoms with Crippen molar-refractivity contribution in [1.29, 1.82) is 0 Å². The summed E-state index contributed by atoms with van der Waals surface area (Å²) in [5, 5.41) is 6.38. The molecule has 0 saturated heterocycles. The van der Waals surface area contributed by atoms with Crippen molar-refractivity contribution in [2.75, 3.05) is 11.9 Å². The van der Waals surface area contributed by atoms with Gasteiger partial charge in [-0.15, -0.1) is 0 Å². The maximum atomic E-state index is 12.4. The Bertz CT molecular complexity index is 803. The van der Waals surface area contributed by atoms with Crippen LogP contribution >= 0.6 is 0 Å². The van der Waals surface area contributed by atoms with E-state index in [1.807, 2.05) is 43.3 Å². The summed E-state index contributed by atoms with van der Waals surface area (Å²) in [7, 11) is 0. The second-order valence-electron chi connectivity index (χ2n) is 6.16. The van der Waals surface area contributed by atoms with Gasteiger partial charge in [0.2, 0.25) is 0 Å². The number of amides is 1. The molecule has 0 radical (unpaired) electrons. The molecule has 2 aromatic rings. The molecule has 2 heterocycles. The Balaban J connectivity index is 1.74. The van der Waals surface area contributed by atoms with Crippen LogP contribution in [0.3, 0.4) is 0 Å². The summed E-state index contributed by atoms with van der Waals surface area (Å²) in [4.78, 5) is 12.4. The van der Waals surface area contributed by atoms with Gasteiger partial charge >= 0.3 is 0 Å². The van der Waals surface area contributed by atoms with Gasteiger partial charge < -0.3 is 20.1 Å². The Hall–Kier alpha value is -2.69. The van der Waals surface area contributed by atoms with E-state index in [-0.39, 0.29) is 18.2 Å². The van der Waals surface area contributed by atoms with Gasteiger partial charge in [-0.1, -0.05) is 12.1 Å². The molecule has 5 nitrogen and oxygen atoms in total. The lowest BCUT2D eigenvalue weighted by Crippen LogP contribution is -2.38. The van der Waals surface area contributed by atoms with E-state index in [2.05, 4.69) is 17.6 Å². The molecule has 0 saturated carbocycles. The van der Waals surface area contributed by atoms with Gasteiger partial charge in [0, 0.05) is 23.2 Å². The van der Waals surface area contributed by atoms with E-state index in [1.165, 1.54) is 0 Å². The smallest absolute Gasteiger partial charge is 0.255 e. The molecule has 5 heteroatoms. The van der Waals surface area contributed by atoms with Crippen LogP contribution in [-0.2, 0) is 6.42 Å². The molecule has 2 aliphatic rings. The minimum absolute atomic E-state index is 0.0911. The molecular weight excluding hydrogens is 304 g/mol. The van der Waals surface area contributed by atoms with Crippen LogP contribution in [0.1, 0.15) is 41.5 Å². The van der Waals surface area contributed by atoms with E-state index in [4.69, 9.17) is 9.47 Å². The average molecular weight is 324 g/mol. The van der Waals surface area contributed by atoms with Crippen LogP contribution in [0.4, 0.5) is 5.69 Å². The van der Waals surface area contributed by atoms with Crippen LogP contribution in [0.5, 0.6) is 11.5 Å². The fraction of sp³-hybridized carbons (Fsp3) is 0.316. The van der Waals surface area contributed by atoms with E-state index < -0.39 is 0 Å². The fourth-order valence-electron chi connectivity index (χ4n) is 3.32. The highest BCUT2D eigenvalue weighted by atomic mass is 16.5. The number of nitrogens with one attached hydrogen (secondary N) is 2. The van der Waals surface area contributed by atoms with Gasteiger partial charge in [-0.3, -0.25) is 4.79 Å². The van der Waals surface area contributed by atoms with Gasteiger partial charge in [-0.25, -0.2) is 0 Å². The average Bonchev–Trinajstić information content (AvgIpc) is 2.93. The second kappa shape index (κ2) is 5.74. The number of para-hydroxylation sites is 1. The third kappa shape index (κ3) is 2.46. The van der Waals surface area contributed by atoms with E-state index in [1.54, 1.807) is 0 Å². The topological polar surface area (TPSA) is 59.6 Å². The third-order valence-corrected chi connectivity index (χ3v) is 4.39. The lowest BCUT2D eigenvalue weighted by Gasteiger charge is -2.29. The lowest BCUT2D eigenvalue weighted by atomic mass is 10.0. The Morgan fingerprint density at radius 2 is 2.08 bits per heavy atom. The number of benzene rings is 2. The summed E-state index contributed by atoms with van der Waals surface area (Å²) >= 11 is 0. The predicted octanol–water partition coefficient (Wildman–Crippen LogP) is 3.26. The Labute approximate surface area is 141 Å². The number of hydrogen-bond donors (Lipinski definition) is 2. The van der Waals surface area contributed by atoms with Crippen LogP contribution in [-0.4, -0.2) is 18.6 Å². The second-order valence-corrected chi connectivity index (χ2v) is 6.16. The summed E-state index contributed by atoms with van der Waals surface area (Å²) in [5.41, 5.74) is 3.51. The highest BCUT2D eigenvalue weighted by Crippen LogP contribution is 2.39. The van der Waals surface area contributed by atoms with Gasteiger partial charge in [-0.2, -0.15) is 0 Å². The molecule has 1 amide bonds. The summed E-state index contributed by atoms with van der Waals surface area (Å²) in [6, 6.07) is 11.5. The van der Waals surface area contributed by atoms with Gasteiger partial charge in [-0.05, 0) is 38.1 Å². The minimum atomic E-state index is -0.348. The van der Waals surface area contributed by atoms with Gasteiger partial charge in [0.25, 0.3) is 5.91 Å². The molecule has 0 aromatic heterocycles. The summed E-state index contributed by atoms with van der Waals surface area (Å²) < 4.78 is 11.7. The molecule has 2 aliphatic heterocycles. The maximum Gasteiger partial charge on any atom is 0.255 e. The molecule has 124 valence electrons. The van der Waals surface area contributed by atoms with Crippen molar-refractivity contribution in [2.45, 2.75) is 32.5 Å². The number of ether oxygens (including phenoxy) is 2. The van der Waals surface area contributed by atoms with Crippen molar-refractivity contribution in [3.8, 4) is 11.5 Å². The third-order valence-electron chi connectivity index (χ3n) is 4.39. The molecule has 2 N–H and O–H groups in total. The van der Waals surface area contributed by atoms with Crippen molar-refractivity contribution < 1.29 is 14.3 Å². The van der Waals surface area contributed by atoms with Crippen molar-refractivity contribution in [2.24, 2.45) is 0 Å². The molecule has 24 heavy (non-hydrogen) atoms. The highest BCUT2D eigenvalue weighted by molar-refractivity contribution is 6.01. The zero-order valence-corrected chi connectivity index (χ0v) is 13.8. The number of carbonyl (C=O) groups is 1. The zero-order chi connectivity index (χ0) is 16.7. The van der Waals surface area contributed by atoms with E-state index in [0.29, 0.717) is 12.2 Å². The Kier molecular flexibility index (Phi) is 3.56. The SMILES string of the molecule is CCOc1cc2c(cc1C1NC(=O)c3ccccc3N1)OC(C)C2. The standard InChI is InChI=1S/C19H20N2O3/c1-3-23-17-9-12-8-11(2)24-16(12)10-14(17)18-20-15-7-5-4-6-13(15)19(22)21-18/h4-7,9-11,18,20H,3,8H2,1-2H3,(H,21,22). The van der Waals surface area contributed by atoms with Crippen LogP contribution in [0.15, 0.2) is 36.4 Å². The van der Waals surface area contributed by atoms with Crippen molar-refractivity contribution in [1.82, 2.24) is 5.32 Å². The van der Waals surface area contributed by atoms with Gasteiger partial charge in [0.15, 0.2) is 0 Å². The first-order valence-corrected chi connectivity index (χ1v) is 8.28. The molecule has 2 atom stereocenters. The highest BCUT2D eigenvalue weighted by Gasteiger charge is 2.29. The lowest BCUT2D eigenvalue weighted by molar-refractivity contribution is 0.0935. The first kappa shape index (κ1) is 14.9. The largest absolute Gasteiger partial charge is 0.493 e. The number of hydrogen-bond acceptors (Lipinski definition) is 4. The number of rotatable bonds is 3. The Morgan fingerprint density at radius 3 is 2.92 bits per heavy atom. The Morgan fingerprint density at radius 1 is 1.25 bits per heavy atom. The monoisotopic (exact) mass is 324 g/mol. The van der Waals surface area contributed by atoms with Crippen molar-refractivity contribution in [3.05, 3.63) is 53.1 Å². The molecule has 4 rings (SSSR count). The zero-order valence-electron chi connectivity index (χ0n) is 13.8. The van der Waals surface area contributed by atoms with E-state index >= 15 is 0 Å². The van der Waals surface area contributed by atoms with E-state index in [9.17, 15) is 4.79 Å². The first-order chi connectivity index (χ1) is 11.7. The number of fused-ring (bicyclic) bond motifs is 2. The van der Waals surface area contributed by atoms with Crippen LogP contribution in [0.25, 0.3) is 0 Å². The van der Waals surface area contributed by atoms with Crippen molar-refractivity contribution >= 4 is 11.6 Å². The number of carbonyl (C=O) groups excluding carboxylic acids is 1. The van der Waals surface area contributed by atoms with Gasteiger partial charge in [0.1, 0.15) is 23.8 Å². The molecule has 0 spiro atoms. The summed E-state index contributed by atoms with van der Waals surface area (Å²) in [6.07, 6.45) is 0.696. The van der Waals surface area contributed by atoms with Crippen molar-refractivity contribution in [3.63, 3.8) is 0 Å². The first-order valence-electron chi connectivity index (χ1n) is 8.28. The molecule has 2 aromatic carbocycles. The van der Waals surface area contributed by atoms with Crippen LogP contribution < -0.4 is 20.1 Å². The minimum Gasteiger partial charge on any atom is -0.493 e. The summed E-state index contributed by atoms with van der Waals surface area (Å²) in [5.74, 6) is 1.56.